The van der Waals surface area contributed by atoms with E-state index in [1.807, 2.05) is 42.5 Å². The molecule has 176 valence electrons. The van der Waals surface area contributed by atoms with Crippen LogP contribution in [-0.4, -0.2) is 41.9 Å². The molecule has 0 amide bonds. The van der Waals surface area contributed by atoms with E-state index >= 15 is 0 Å². The number of aromatic nitrogens is 3. The van der Waals surface area contributed by atoms with Gasteiger partial charge >= 0.3 is 0 Å². The van der Waals surface area contributed by atoms with Crippen LogP contribution in [0.1, 0.15) is 38.3 Å². The Labute approximate surface area is 198 Å². The summed E-state index contributed by atoms with van der Waals surface area (Å²) in [7, 11) is 4.83. The molecule has 0 radical (unpaired) electrons. The lowest BCUT2D eigenvalue weighted by molar-refractivity contribution is -0.118. The number of anilines is 1. The molecule has 1 aromatic heterocycles. The lowest BCUT2D eigenvalue weighted by Crippen LogP contribution is -2.36. The van der Waals surface area contributed by atoms with Crippen LogP contribution in [0.25, 0.3) is 11.4 Å². The summed E-state index contributed by atoms with van der Waals surface area (Å²) in [5.41, 5.74) is 3.05. The Morgan fingerprint density at radius 2 is 1.82 bits per heavy atom. The fourth-order valence-corrected chi connectivity index (χ4v) is 4.91. The molecule has 2 heterocycles. The molecule has 0 spiro atoms. The molecule has 0 saturated carbocycles. The summed E-state index contributed by atoms with van der Waals surface area (Å²) >= 11 is 0. The number of fused-ring (bicyclic) bond motifs is 1. The first-order chi connectivity index (χ1) is 16.3. The zero-order valence-electron chi connectivity index (χ0n) is 20.0. The molecule has 2 aromatic carbocycles. The summed E-state index contributed by atoms with van der Waals surface area (Å²) in [6.07, 6.45) is 1.20. The van der Waals surface area contributed by atoms with Crippen molar-refractivity contribution in [3.63, 3.8) is 0 Å². The third kappa shape index (κ3) is 3.59. The van der Waals surface area contributed by atoms with Crippen LogP contribution in [0.2, 0.25) is 0 Å². The normalized spacial score (nSPS) is 18.6. The van der Waals surface area contributed by atoms with Gasteiger partial charge in [-0.25, -0.2) is 4.68 Å². The number of benzene rings is 2. The molecule has 1 aliphatic heterocycles. The van der Waals surface area contributed by atoms with E-state index in [0.29, 0.717) is 35.3 Å². The molecule has 8 nitrogen and oxygen atoms in total. The van der Waals surface area contributed by atoms with Gasteiger partial charge in [-0.15, -0.1) is 5.10 Å². The minimum atomic E-state index is -0.494. The third-order valence-electron chi connectivity index (χ3n) is 6.39. The van der Waals surface area contributed by atoms with Gasteiger partial charge in [0.1, 0.15) is 11.8 Å². The smallest absolute Gasteiger partial charge is 0.226 e. The molecule has 34 heavy (non-hydrogen) atoms. The number of nitrogens with one attached hydrogen (secondary N) is 1. The molecule has 5 rings (SSSR count). The van der Waals surface area contributed by atoms with E-state index < -0.39 is 6.04 Å². The lowest BCUT2D eigenvalue weighted by atomic mass is 9.73. The standard InChI is InChI=1S/C26H28N4O4/c1-26(2)13-18-21(19(31)14-26)22(17-10-7-11-20(33-4)23(17)34-5)30-25(27-18)28-24(29-30)15-8-6-9-16(12-15)32-3/h6-12,22H,13-14H2,1-5H3,(H,27,28,29). The van der Waals surface area contributed by atoms with E-state index in [1.165, 1.54) is 0 Å². The van der Waals surface area contributed by atoms with Gasteiger partial charge in [0.25, 0.3) is 0 Å². The molecule has 8 heteroatoms. The van der Waals surface area contributed by atoms with Crippen molar-refractivity contribution < 1.29 is 19.0 Å². The largest absolute Gasteiger partial charge is 0.497 e. The van der Waals surface area contributed by atoms with Crippen molar-refractivity contribution in [1.29, 1.82) is 0 Å². The maximum atomic E-state index is 13.5. The molecule has 1 atom stereocenters. The highest BCUT2D eigenvalue weighted by atomic mass is 16.5. The van der Waals surface area contributed by atoms with Crippen molar-refractivity contribution in [3.05, 3.63) is 59.3 Å². The van der Waals surface area contributed by atoms with Crippen LogP contribution < -0.4 is 19.5 Å². The summed E-state index contributed by atoms with van der Waals surface area (Å²) in [6.45, 7) is 4.22. The Morgan fingerprint density at radius 1 is 1.03 bits per heavy atom. The number of allylic oxidation sites excluding steroid dienone is 2. The van der Waals surface area contributed by atoms with Gasteiger partial charge in [0.2, 0.25) is 5.95 Å². The van der Waals surface area contributed by atoms with Crippen LogP contribution in [0.4, 0.5) is 5.95 Å². The van der Waals surface area contributed by atoms with Crippen molar-refractivity contribution in [2.75, 3.05) is 26.6 Å². The van der Waals surface area contributed by atoms with Crippen molar-refractivity contribution in [1.82, 2.24) is 14.8 Å². The van der Waals surface area contributed by atoms with Crippen LogP contribution in [-0.2, 0) is 4.79 Å². The SMILES string of the molecule is COc1cccc(-c2nc3n(n2)C(c2cccc(OC)c2OC)C2=C(CC(C)(C)CC2=O)N3)c1. The highest BCUT2D eigenvalue weighted by Gasteiger charge is 2.43. The summed E-state index contributed by atoms with van der Waals surface area (Å²) < 4.78 is 18.5. The molecule has 1 aliphatic carbocycles. The topological polar surface area (TPSA) is 87.5 Å². The number of Topliss-reactive ketones (excluding diaryl/α,β-unsaturated/α-hetero) is 1. The third-order valence-corrected chi connectivity index (χ3v) is 6.39. The molecular formula is C26H28N4O4. The predicted octanol–water partition coefficient (Wildman–Crippen LogP) is 4.63. The average molecular weight is 461 g/mol. The zero-order valence-corrected chi connectivity index (χ0v) is 20.0. The molecule has 0 fully saturated rings. The summed E-state index contributed by atoms with van der Waals surface area (Å²) in [6, 6.07) is 12.8. The summed E-state index contributed by atoms with van der Waals surface area (Å²) in [5.74, 6) is 3.11. The number of para-hydroxylation sites is 1. The number of carbonyl (C=O) groups is 1. The van der Waals surface area contributed by atoms with E-state index in [1.54, 1.807) is 26.0 Å². The number of ketones is 1. The fourth-order valence-electron chi connectivity index (χ4n) is 4.91. The molecular weight excluding hydrogens is 432 g/mol. The molecule has 1 N–H and O–H groups in total. The number of hydrogen-bond acceptors (Lipinski definition) is 7. The van der Waals surface area contributed by atoms with E-state index in [0.717, 1.165) is 29.0 Å². The van der Waals surface area contributed by atoms with Gasteiger partial charge in [-0.2, -0.15) is 4.98 Å². The van der Waals surface area contributed by atoms with Crippen molar-refractivity contribution >= 4 is 11.7 Å². The molecule has 0 saturated heterocycles. The number of rotatable bonds is 5. The lowest BCUT2D eigenvalue weighted by Gasteiger charge is -2.38. The number of methoxy groups -OCH3 is 3. The second-order valence-corrected chi connectivity index (χ2v) is 9.38. The number of ether oxygens (including phenoxy) is 3. The van der Waals surface area contributed by atoms with Gasteiger partial charge in [0.05, 0.1) is 21.3 Å². The van der Waals surface area contributed by atoms with Gasteiger partial charge in [-0.1, -0.05) is 38.1 Å². The van der Waals surface area contributed by atoms with Crippen LogP contribution in [0, 0.1) is 5.41 Å². The van der Waals surface area contributed by atoms with Crippen LogP contribution >= 0.6 is 0 Å². The maximum Gasteiger partial charge on any atom is 0.226 e. The molecule has 2 aliphatic rings. The molecule has 1 unspecified atom stereocenters. The Kier molecular flexibility index (Phi) is 5.31. The zero-order chi connectivity index (χ0) is 24.0. The Balaban J connectivity index is 1.72. The van der Waals surface area contributed by atoms with Gasteiger partial charge in [-0.3, -0.25) is 4.79 Å². The first-order valence-electron chi connectivity index (χ1n) is 11.2. The highest BCUT2D eigenvalue weighted by molar-refractivity contribution is 6.00. The van der Waals surface area contributed by atoms with E-state index in [-0.39, 0.29) is 11.2 Å². The Morgan fingerprint density at radius 3 is 2.56 bits per heavy atom. The highest BCUT2D eigenvalue weighted by Crippen LogP contribution is 2.48. The predicted molar refractivity (Wildman–Crippen MR) is 128 cm³/mol. The van der Waals surface area contributed by atoms with Gasteiger partial charge in [-0.05, 0) is 30.0 Å². The van der Waals surface area contributed by atoms with Gasteiger partial charge in [0, 0.05) is 28.8 Å². The van der Waals surface area contributed by atoms with Crippen molar-refractivity contribution in [2.24, 2.45) is 5.41 Å². The van der Waals surface area contributed by atoms with E-state index in [9.17, 15) is 4.79 Å². The number of carbonyl (C=O) groups excluding carboxylic acids is 1. The minimum absolute atomic E-state index is 0.0951. The maximum absolute atomic E-state index is 13.5. The van der Waals surface area contributed by atoms with Crippen LogP contribution in [0.5, 0.6) is 17.2 Å². The molecule has 0 bridgehead atoms. The second-order valence-electron chi connectivity index (χ2n) is 9.38. The number of hydrogen-bond donors (Lipinski definition) is 1. The van der Waals surface area contributed by atoms with E-state index in [2.05, 4.69) is 19.2 Å². The first kappa shape index (κ1) is 22.0. The summed E-state index contributed by atoms with van der Waals surface area (Å²) in [5, 5.41) is 8.27. The minimum Gasteiger partial charge on any atom is -0.497 e. The van der Waals surface area contributed by atoms with Gasteiger partial charge < -0.3 is 19.5 Å². The monoisotopic (exact) mass is 460 g/mol. The van der Waals surface area contributed by atoms with Crippen molar-refractivity contribution in [3.8, 4) is 28.6 Å². The van der Waals surface area contributed by atoms with E-state index in [4.69, 9.17) is 24.3 Å². The van der Waals surface area contributed by atoms with Gasteiger partial charge in [0.15, 0.2) is 23.1 Å². The Hall–Kier alpha value is -3.81. The fraction of sp³-hybridized carbons (Fsp3) is 0.346. The summed E-state index contributed by atoms with van der Waals surface area (Å²) in [4.78, 5) is 18.3. The van der Waals surface area contributed by atoms with Crippen molar-refractivity contribution in [2.45, 2.75) is 32.7 Å². The quantitative estimate of drug-likeness (QED) is 0.594. The van der Waals surface area contributed by atoms with Crippen LogP contribution in [0.15, 0.2) is 53.7 Å². The average Bonchev–Trinajstić information content (AvgIpc) is 3.25. The Bertz CT molecular complexity index is 1310. The van der Waals surface area contributed by atoms with Crippen LogP contribution in [0.3, 0.4) is 0 Å². The number of nitrogens with zero attached hydrogens (tertiary/aromatic N) is 3. The first-order valence-corrected chi connectivity index (χ1v) is 11.2. The molecule has 3 aromatic rings. The second kappa shape index (κ2) is 8.20.